The minimum absolute atomic E-state index is 0.0197. The lowest BCUT2D eigenvalue weighted by Gasteiger charge is -2.20. The van der Waals surface area contributed by atoms with E-state index in [-0.39, 0.29) is 5.91 Å². The van der Waals surface area contributed by atoms with E-state index in [0.29, 0.717) is 30.8 Å². The molecule has 0 spiro atoms. The highest BCUT2D eigenvalue weighted by Gasteiger charge is 2.14. The molecular formula is C44H67Br2ClN7O2PS. The number of nitrogens with two attached hydrogens (primary N) is 2. The molecule has 1 amide bonds. The Labute approximate surface area is 379 Å². The van der Waals surface area contributed by atoms with Crippen LogP contribution >= 0.6 is 51.5 Å². The number of rotatable bonds is 17. The maximum Gasteiger partial charge on any atom is 0.255 e. The Bertz CT molecular complexity index is 1570. The molecule has 0 radical (unpaired) electrons. The highest BCUT2D eigenvalue weighted by molar-refractivity contribution is 9.10. The van der Waals surface area contributed by atoms with E-state index in [1.54, 1.807) is 23.1 Å². The van der Waals surface area contributed by atoms with E-state index < -0.39 is 5.24 Å². The van der Waals surface area contributed by atoms with Crippen molar-refractivity contribution >= 4 is 74.4 Å². The summed E-state index contributed by atoms with van der Waals surface area (Å²) in [6.45, 7) is 20.2. The first-order chi connectivity index (χ1) is 28.0. The topological polar surface area (TPSA) is 120 Å². The zero-order valence-electron chi connectivity index (χ0n) is 35.2. The van der Waals surface area contributed by atoms with Gasteiger partial charge in [-0.1, -0.05) is 140 Å². The molecule has 6 N–H and O–H groups in total. The highest BCUT2D eigenvalue weighted by atomic mass is 79.9. The SMILES string of the molecule is CCN(CC)CC.CCNCCN(CCN)CCN.CN(Cc1ccccc1)C(=O)c1ccccc1Br.CNCc1ccccc1.O=C(Cl)c1ccccc1Br.P=S. The largest absolute Gasteiger partial charge is 0.337 e. The van der Waals surface area contributed by atoms with Crippen LogP contribution in [0.4, 0.5) is 0 Å². The monoisotopic (exact) mass is 981 g/mol. The van der Waals surface area contributed by atoms with E-state index in [1.165, 1.54) is 25.2 Å². The molecular weight excluding hydrogens is 917 g/mol. The van der Waals surface area contributed by atoms with Gasteiger partial charge in [0.2, 0.25) is 0 Å². The second-order valence-electron chi connectivity index (χ2n) is 12.3. The number of nitrogens with one attached hydrogen (secondary N) is 2. The number of halogens is 3. The lowest BCUT2D eigenvalue weighted by atomic mass is 10.1. The van der Waals surface area contributed by atoms with E-state index >= 15 is 0 Å². The summed E-state index contributed by atoms with van der Waals surface area (Å²) < 4.78 is 1.56. The van der Waals surface area contributed by atoms with Gasteiger partial charge in [0.25, 0.3) is 11.1 Å². The summed E-state index contributed by atoms with van der Waals surface area (Å²) >= 11 is 15.7. The summed E-state index contributed by atoms with van der Waals surface area (Å²) in [5.41, 5.74) is 14.6. The Morgan fingerprint density at radius 1 is 0.672 bits per heavy atom. The standard InChI is InChI=1S/C15H14BrNO.C8H22N4.C8H11N.C7H4BrClO.C6H15N.HPS/c1-17(11-12-7-3-2-4-8-12)15(18)13-9-5-6-10-14(13)16;1-2-11-5-8-12(6-3-9)7-4-10;1-9-7-8-5-3-2-4-6-8;8-6-4-2-1-3-5(6)7(9)10;1-4-7(5-2)6-3;1-2/h2-10H,11H2,1H3;11H,2-10H2,1H3;2-6,9H,7H2,1H3;1-4H;4-6H2,1-3H3;1H. The Morgan fingerprint density at radius 3 is 1.47 bits per heavy atom. The average molecular weight is 984 g/mol. The third kappa shape index (κ3) is 28.9. The first-order valence-corrected chi connectivity index (χ1v) is 23.0. The van der Waals surface area contributed by atoms with Gasteiger partial charge in [-0.15, -0.1) is 0 Å². The van der Waals surface area contributed by atoms with Crippen LogP contribution in [-0.4, -0.2) is 105 Å². The maximum atomic E-state index is 12.3. The zero-order valence-corrected chi connectivity index (χ0v) is 41.0. The van der Waals surface area contributed by atoms with Gasteiger partial charge >= 0.3 is 0 Å². The fraction of sp³-hybridized carbons (Fsp3) is 0.409. The van der Waals surface area contributed by atoms with Crippen molar-refractivity contribution in [2.75, 3.05) is 79.5 Å². The number of likely N-dealkylation sites (N-methyl/N-ethyl adjacent to an activating group) is 1. The molecule has 0 heterocycles. The molecule has 14 heteroatoms. The first kappa shape index (κ1) is 57.6. The van der Waals surface area contributed by atoms with E-state index in [4.69, 9.17) is 23.1 Å². The Hall–Kier alpha value is -2.45. The lowest BCUT2D eigenvalue weighted by molar-refractivity contribution is 0.0784. The van der Waals surface area contributed by atoms with Crippen molar-refractivity contribution in [3.05, 3.63) is 140 Å². The summed E-state index contributed by atoms with van der Waals surface area (Å²) in [5, 5.41) is 5.92. The van der Waals surface area contributed by atoms with Gasteiger partial charge in [0.05, 0.1) is 5.56 Å². The molecule has 0 unspecified atom stereocenters. The van der Waals surface area contributed by atoms with Gasteiger partial charge in [0, 0.05) is 73.9 Å². The minimum Gasteiger partial charge on any atom is -0.337 e. The summed E-state index contributed by atoms with van der Waals surface area (Å²) in [5.74, 6) is 0.0197. The molecule has 0 atom stereocenters. The van der Waals surface area contributed by atoms with E-state index in [9.17, 15) is 9.59 Å². The number of hydrogen-bond donors (Lipinski definition) is 4. The Kier molecular flexibility index (Phi) is 39.7. The predicted octanol–water partition coefficient (Wildman–Crippen LogP) is 8.71. The van der Waals surface area contributed by atoms with Gasteiger partial charge < -0.3 is 31.9 Å². The summed E-state index contributed by atoms with van der Waals surface area (Å²) in [6.07, 6.45) is 0. The Morgan fingerprint density at radius 2 is 1.10 bits per heavy atom. The van der Waals surface area contributed by atoms with Gasteiger partial charge in [0.15, 0.2) is 0 Å². The molecule has 4 aromatic rings. The molecule has 0 aliphatic carbocycles. The molecule has 4 aromatic carbocycles. The van der Waals surface area contributed by atoms with E-state index in [2.05, 4.69) is 112 Å². The molecule has 0 aliphatic heterocycles. The van der Waals surface area contributed by atoms with Gasteiger partial charge in [-0.05, 0) is 104 Å². The van der Waals surface area contributed by atoms with Gasteiger partial charge in [-0.3, -0.25) is 14.5 Å². The normalized spacial score (nSPS) is 9.81. The van der Waals surface area contributed by atoms with Gasteiger partial charge in [0.1, 0.15) is 0 Å². The second-order valence-corrected chi connectivity index (χ2v) is 14.3. The number of carbonyl (C=O) groups excluding carboxylic acids is 2. The fourth-order valence-electron chi connectivity index (χ4n) is 4.98. The molecule has 9 nitrogen and oxygen atoms in total. The quantitative estimate of drug-likeness (QED) is 0.0468. The number of carbonyl (C=O) groups is 2. The molecule has 0 fully saturated rings. The third-order valence-electron chi connectivity index (χ3n) is 8.11. The van der Waals surface area contributed by atoms with Crippen molar-refractivity contribution in [2.45, 2.75) is 40.8 Å². The van der Waals surface area contributed by atoms with Crippen molar-refractivity contribution in [3.63, 3.8) is 0 Å². The Balaban J connectivity index is 0. The number of benzene rings is 4. The van der Waals surface area contributed by atoms with Crippen molar-refractivity contribution in [1.82, 2.24) is 25.3 Å². The zero-order chi connectivity index (χ0) is 44.0. The lowest BCUT2D eigenvalue weighted by Crippen LogP contribution is -2.38. The summed E-state index contributed by atoms with van der Waals surface area (Å²) in [7, 11) is 6.32. The van der Waals surface area contributed by atoms with Gasteiger partial charge in [-0.25, -0.2) is 0 Å². The summed E-state index contributed by atoms with van der Waals surface area (Å²) in [6, 6.07) is 34.8. The third-order valence-corrected chi connectivity index (χ3v) is 9.70. The smallest absolute Gasteiger partial charge is 0.255 e. The van der Waals surface area contributed by atoms with Crippen LogP contribution in [0.5, 0.6) is 0 Å². The van der Waals surface area contributed by atoms with Crippen LogP contribution in [0, 0.1) is 0 Å². The van der Waals surface area contributed by atoms with Crippen LogP contribution in [0.2, 0.25) is 0 Å². The molecule has 58 heavy (non-hydrogen) atoms. The maximum absolute atomic E-state index is 12.3. The predicted molar refractivity (Wildman–Crippen MR) is 262 cm³/mol. The molecule has 0 bridgehead atoms. The van der Waals surface area contributed by atoms with Gasteiger partial charge in [-0.2, -0.15) is 0 Å². The number of amides is 1. The van der Waals surface area contributed by atoms with Crippen LogP contribution in [0.1, 0.15) is 59.5 Å². The van der Waals surface area contributed by atoms with Crippen molar-refractivity contribution < 1.29 is 9.59 Å². The molecule has 0 saturated heterocycles. The van der Waals surface area contributed by atoms with E-state index in [0.717, 1.165) is 53.8 Å². The van der Waals surface area contributed by atoms with Crippen molar-refractivity contribution in [1.29, 1.82) is 0 Å². The molecule has 0 aromatic heterocycles. The van der Waals surface area contributed by atoms with E-state index in [1.807, 2.05) is 93.0 Å². The molecule has 0 aliphatic rings. The minimum atomic E-state index is -0.438. The summed E-state index contributed by atoms with van der Waals surface area (Å²) in [4.78, 5) is 29.2. The first-order valence-electron chi connectivity index (χ1n) is 19.5. The van der Waals surface area contributed by atoms with Crippen LogP contribution in [0.25, 0.3) is 0 Å². The van der Waals surface area contributed by atoms with Crippen LogP contribution in [0.15, 0.2) is 118 Å². The van der Waals surface area contributed by atoms with Crippen LogP contribution in [0.3, 0.4) is 0 Å². The number of hydrogen-bond acceptors (Lipinski definition) is 9. The fourth-order valence-corrected chi connectivity index (χ4v) is 6.17. The van der Waals surface area contributed by atoms with Crippen LogP contribution in [-0.2, 0) is 24.9 Å². The molecule has 0 saturated carbocycles. The second kappa shape index (κ2) is 40.0. The molecule has 4 rings (SSSR count). The van der Waals surface area contributed by atoms with Crippen molar-refractivity contribution in [2.24, 2.45) is 11.5 Å². The average Bonchev–Trinajstić information content (AvgIpc) is 3.24. The van der Waals surface area contributed by atoms with Crippen molar-refractivity contribution in [3.8, 4) is 0 Å². The number of nitrogens with zero attached hydrogens (tertiary/aromatic N) is 3. The van der Waals surface area contributed by atoms with Crippen LogP contribution < -0.4 is 22.1 Å². The highest BCUT2D eigenvalue weighted by Crippen LogP contribution is 2.19. The molecule has 322 valence electrons.